The Morgan fingerprint density at radius 1 is 1.18 bits per heavy atom. The Hall–Kier alpha value is -1.85. The van der Waals surface area contributed by atoms with Gasteiger partial charge < -0.3 is 5.73 Å². The molecule has 0 bridgehead atoms. The molecule has 1 aliphatic rings. The maximum absolute atomic E-state index is 8.24. The van der Waals surface area contributed by atoms with E-state index in [0.717, 1.165) is 28.7 Å². The van der Waals surface area contributed by atoms with Gasteiger partial charge in [0, 0.05) is 9.90 Å². The summed E-state index contributed by atoms with van der Waals surface area (Å²) in [5, 5.41) is 9.94. The highest BCUT2D eigenvalue weighted by atomic mass is 35.5. The summed E-state index contributed by atoms with van der Waals surface area (Å²) in [6.07, 6.45) is 4.58. The van der Waals surface area contributed by atoms with E-state index in [-0.39, 0.29) is 5.62 Å². The van der Waals surface area contributed by atoms with Crippen molar-refractivity contribution in [2.24, 2.45) is 0 Å². The van der Waals surface area contributed by atoms with Crippen molar-refractivity contribution < 1.29 is 0 Å². The summed E-state index contributed by atoms with van der Waals surface area (Å²) in [6.45, 7) is 0. The van der Waals surface area contributed by atoms with E-state index in [0.29, 0.717) is 10.8 Å². The van der Waals surface area contributed by atoms with Crippen LogP contribution in [0.2, 0.25) is 5.02 Å². The quantitative estimate of drug-likeness (QED) is 0.714. The van der Waals surface area contributed by atoms with Gasteiger partial charge in [0.05, 0.1) is 11.1 Å². The van der Waals surface area contributed by atoms with Crippen LogP contribution in [-0.4, -0.2) is 9.55 Å². The molecule has 3 aromatic rings. The highest BCUT2D eigenvalue weighted by Crippen LogP contribution is 2.37. The number of nitrogens with two attached hydrogens (primary N) is 1. The minimum absolute atomic E-state index is 0.158. The summed E-state index contributed by atoms with van der Waals surface area (Å²) in [6, 6.07) is 7.33. The number of hydrogen-bond acceptors (Lipinski definition) is 4. The lowest BCUT2D eigenvalue weighted by molar-refractivity contribution is 0.700. The number of thiophene rings is 1. The predicted octanol–water partition coefficient (Wildman–Crippen LogP) is 3.68. The average Bonchev–Trinajstić information content (AvgIpc) is 2.87. The van der Waals surface area contributed by atoms with Crippen LogP contribution in [0.15, 0.2) is 24.3 Å². The van der Waals surface area contributed by atoms with E-state index in [1.165, 1.54) is 23.3 Å². The molecule has 0 aliphatic heterocycles. The maximum Gasteiger partial charge on any atom is 0.229 e. The van der Waals surface area contributed by atoms with Gasteiger partial charge in [0.25, 0.3) is 0 Å². The molecule has 0 amide bonds. The lowest BCUT2D eigenvalue weighted by atomic mass is 9.97. The van der Waals surface area contributed by atoms with Crippen molar-refractivity contribution in [3.63, 3.8) is 0 Å². The van der Waals surface area contributed by atoms with Crippen LogP contribution in [0, 0.1) is 5.41 Å². The van der Waals surface area contributed by atoms with Crippen LogP contribution in [0.1, 0.15) is 23.3 Å². The van der Waals surface area contributed by atoms with Crippen LogP contribution in [0.25, 0.3) is 15.9 Å². The highest BCUT2D eigenvalue weighted by molar-refractivity contribution is 7.19. The Labute approximate surface area is 136 Å². The van der Waals surface area contributed by atoms with Crippen molar-refractivity contribution >= 4 is 39.0 Å². The molecule has 0 unspecified atom stereocenters. The number of hydrogen-bond donors (Lipinski definition) is 2. The first kappa shape index (κ1) is 13.8. The SMILES string of the molecule is N=c1nc2sc3c(c2c(N)n1-c1ccc(Cl)cc1)CCCC3. The fourth-order valence-electron chi connectivity index (χ4n) is 3.12. The number of aromatic nitrogens is 2. The van der Waals surface area contributed by atoms with E-state index in [9.17, 15) is 0 Å². The molecular formula is C16H15ClN4S. The molecule has 0 spiro atoms. The van der Waals surface area contributed by atoms with E-state index in [4.69, 9.17) is 22.7 Å². The van der Waals surface area contributed by atoms with Crippen molar-refractivity contribution in [3.05, 3.63) is 45.3 Å². The summed E-state index contributed by atoms with van der Waals surface area (Å²) in [5.41, 5.74) is 8.74. The minimum atomic E-state index is 0.158. The Balaban J connectivity index is 2.03. The molecule has 2 aromatic heterocycles. The third-order valence-corrected chi connectivity index (χ3v) is 5.59. The van der Waals surface area contributed by atoms with Gasteiger partial charge in [-0.1, -0.05) is 11.6 Å². The van der Waals surface area contributed by atoms with Gasteiger partial charge in [0.1, 0.15) is 10.6 Å². The average molecular weight is 331 g/mol. The van der Waals surface area contributed by atoms with E-state index < -0.39 is 0 Å². The molecular weight excluding hydrogens is 316 g/mol. The molecule has 112 valence electrons. The van der Waals surface area contributed by atoms with Gasteiger partial charge in [-0.05, 0) is 55.5 Å². The van der Waals surface area contributed by atoms with Crippen molar-refractivity contribution in [1.29, 1.82) is 5.41 Å². The number of anilines is 1. The Morgan fingerprint density at radius 3 is 2.68 bits per heavy atom. The van der Waals surface area contributed by atoms with Crippen LogP contribution in [0.4, 0.5) is 5.82 Å². The topological polar surface area (TPSA) is 67.7 Å². The van der Waals surface area contributed by atoms with Crippen molar-refractivity contribution in [1.82, 2.24) is 9.55 Å². The molecule has 0 atom stereocenters. The third kappa shape index (κ3) is 2.04. The minimum Gasteiger partial charge on any atom is -0.384 e. The third-order valence-electron chi connectivity index (χ3n) is 4.15. The monoisotopic (exact) mass is 330 g/mol. The summed E-state index contributed by atoms with van der Waals surface area (Å²) in [7, 11) is 0. The van der Waals surface area contributed by atoms with Gasteiger partial charge in [-0.15, -0.1) is 11.3 Å². The van der Waals surface area contributed by atoms with Gasteiger partial charge in [-0.3, -0.25) is 9.98 Å². The zero-order valence-corrected chi connectivity index (χ0v) is 13.5. The van der Waals surface area contributed by atoms with E-state index >= 15 is 0 Å². The number of rotatable bonds is 1. The molecule has 1 aliphatic carbocycles. The second-order valence-corrected chi connectivity index (χ2v) is 7.04. The first-order chi connectivity index (χ1) is 10.6. The molecule has 22 heavy (non-hydrogen) atoms. The van der Waals surface area contributed by atoms with E-state index in [1.54, 1.807) is 28.0 Å². The standard InChI is InChI=1S/C16H15ClN4S/c17-9-5-7-10(8-6-9)21-14(18)13-11-3-1-2-4-12(11)22-15(13)20-16(21)19/h5-8,19H,1-4,18H2. The van der Waals surface area contributed by atoms with Crippen molar-refractivity contribution in [2.45, 2.75) is 25.7 Å². The Morgan fingerprint density at radius 2 is 1.91 bits per heavy atom. The molecule has 0 fully saturated rings. The fraction of sp³-hybridized carbons (Fsp3) is 0.250. The zero-order valence-electron chi connectivity index (χ0n) is 11.9. The van der Waals surface area contributed by atoms with Gasteiger partial charge >= 0.3 is 0 Å². The number of nitrogens with one attached hydrogen (secondary N) is 1. The molecule has 2 heterocycles. The second-order valence-electron chi connectivity index (χ2n) is 5.52. The van der Waals surface area contributed by atoms with Crippen molar-refractivity contribution in [2.75, 3.05) is 5.73 Å². The largest absolute Gasteiger partial charge is 0.384 e. The number of fused-ring (bicyclic) bond motifs is 3. The maximum atomic E-state index is 8.24. The Bertz CT molecular complexity index is 924. The van der Waals surface area contributed by atoms with Gasteiger partial charge in [-0.25, -0.2) is 4.98 Å². The van der Waals surface area contributed by atoms with Crippen LogP contribution >= 0.6 is 22.9 Å². The van der Waals surface area contributed by atoms with Gasteiger partial charge in [-0.2, -0.15) is 0 Å². The fourth-order valence-corrected chi connectivity index (χ4v) is 4.51. The normalized spacial score (nSPS) is 14.2. The summed E-state index contributed by atoms with van der Waals surface area (Å²) in [5.74, 6) is 0.608. The smallest absolute Gasteiger partial charge is 0.229 e. The summed E-state index contributed by atoms with van der Waals surface area (Å²) >= 11 is 7.64. The van der Waals surface area contributed by atoms with Gasteiger partial charge in [0.2, 0.25) is 5.62 Å². The number of halogens is 1. The number of nitrogens with zero attached hydrogens (tertiary/aromatic N) is 2. The summed E-state index contributed by atoms with van der Waals surface area (Å²) < 4.78 is 1.69. The van der Waals surface area contributed by atoms with E-state index in [1.807, 2.05) is 12.1 Å². The molecule has 3 N–H and O–H groups in total. The molecule has 6 heteroatoms. The Kier molecular flexibility index (Phi) is 3.20. The van der Waals surface area contributed by atoms with Crippen LogP contribution in [-0.2, 0) is 12.8 Å². The zero-order chi connectivity index (χ0) is 15.3. The van der Waals surface area contributed by atoms with E-state index in [2.05, 4.69) is 4.98 Å². The first-order valence-corrected chi connectivity index (χ1v) is 8.48. The molecule has 4 rings (SSSR count). The molecule has 0 saturated heterocycles. The highest BCUT2D eigenvalue weighted by Gasteiger charge is 2.21. The van der Waals surface area contributed by atoms with Crippen molar-refractivity contribution in [3.8, 4) is 5.69 Å². The molecule has 0 radical (unpaired) electrons. The first-order valence-electron chi connectivity index (χ1n) is 7.28. The number of nitrogen functional groups attached to an aromatic ring is 1. The lowest BCUT2D eigenvalue weighted by Gasteiger charge is -2.14. The lowest BCUT2D eigenvalue weighted by Crippen LogP contribution is -2.24. The molecule has 0 saturated carbocycles. The number of benzene rings is 1. The molecule has 1 aromatic carbocycles. The molecule has 4 nitrogen and oxygen atoms in total. The second kappa shape index (κ2) is 5.11. The number of aryl methyl sites for hydroxylation is 2. The summed E-state index contributed by atoms with van der Waals surface area (Å²) in [4.78, 5) is 6.75. The van der Waals surface area contributed by atoms with Crippen LogP contribution in [0.3, 0.4) is 0 Å². The van der Waals surface area contributed by atoms with Crippen LogP contribution in [0.5, 0.6) is 0 Å². The van der Waals surface area contributed by atoms with Crippen LogP contribution < -0.4 is 11.4 Å². The van der Waals surface area contributed by atoms with Gasteiger partial charge in [0.15, 0.2) is 0 Å². The predicted molar refractivity (Wildman–Crippen MR) is 90.9 cm³/mol.